The van der Waals surface area contributed by atoms with E-state index < -0.39 is 0 Å². The first-order chi connectivity index (χ1) is 5.57. The molecule has 2 nitrogen and oxygen atoms in total. The van der Waals surface area contributed by atoms with Crippen molar-refractivity contribution >= 4 is 0 Å². The van der Waals surface area contributed by atoms with Gasteiger partial charge in [-0.05, 0) is 27.3 Å². The predicted octanol–water partition coefficient (Wildman–Crippen LogP) is 2.19. The summed E-state index contributed by atoms with van der Waals surface area (Å²) in [5.74, 6) is 0. The van der Waals surface area contributed by atoms with Crippen LogP contribution in [0.4, 0.5) is 0 Å². The summed E-state index contributed by atoms with van der Waals surface area (Å²) in [5, 5.41) is 8.47. The molecule has 0 aliphatic heterocycles. The maximum absolute atomic E-state index is 8.47. The fourth-order valence-electron chi connectivity index (χ4n) is 0.876. The van der Waals surface area contributed by atoms with Crippen LogP contribution >= 0.6 is 0 Å². The Kier molecular flexibility index (Phi) is 5.40. The van der Waals surface area contributed by atoms with Gasteiger partial charge in [-0.15, -0.1) is 6.58 Å². The zero-order valence-electron chi connectivity index (χ0n) is 8.30. The van der Waals surface area contributed by atoms with Gasteiger partial charge in [-0.1, -0.05) is 5.57 Å². The van der Waals surface area contributed by atoms with Crippen LogP contribution < -0.4 is 0 Å². The summed E-state index contributed by atoms with van der Waals surface area (Å²) in [4.78, 5) is 2.19. The molecule has 68 valence electrons. The Balaban J connectivity index is 3.64. The molecule has 1 atom stereocenters. The molecule has 0 aliphatic rings. The molecular weight excluding hydrogens is 148 g/mol. The minimum Gasteiger partial charge on any atom is -0.302 e. The maximum Gasteiger partial charge on any atom is 0.0638 e. The molecule has 0 aromatic carbocycles. The first-order valence-corrected chi connectivity index (χ1v) is 4.29. The van der Waals surface area contributed by atoms with Gasteiger partial charge < -0.3 is 4.90 Å². The lowest BCUT2D eigenvalue weighted by Gasteiger charge is -2.22. The van der Waals surface area contributed by atoms with E-state index in [2.05, 4.69) is 24.5 Å². The second-order valence-corrected chi connectivity index (χ2v) is 3.40. The van der Waals surface area contributed by atoms with E-state index >= 15 is 0 Å². The van der Waals surface area contributed by atoms with E-state index in [-0.39, 0.29) is 0 Å². The number of nitriles is 1. The van der Waals surface area contributed by atoms with Gasteiger partial charge in [0.05, 0.1) is 12.5 Å². The molecule has 0 saturated carbocycles. The van der Waals surface area contributed by atoms with Gasteiger partial charge in [0.2, 0.25) is 0 Å². The highest BCUT2D eigenvalue weighted by molar-refractivity contribution is 4.89. The molecule has 0 fully saturated rings. The van der Waals surface area contributed by atoms with Crippen LogP contribution in [0.25, 0.3) is 0 Å². The lowest BCUT2D eigenvalue weighted by Crippen LogP contribution is -2.29. The van der Waals surface area contributed by atoms with Gasteiger partial charge in [-0.2, -0.15) is 5.26 Å². The molecule has 1 unspecified atom stereocenters. The van der Waals surface area contributed by atoms with Crippen LogP contribution in [0, 0.1) is 11.3 Å². The summed E-state index contributed by atoms with van der Waals surface area (Å²) in [7, 11) is 2.05. The molecule has 0 aromatic heterocycles. The summed E-state index contributed by atoms with van der Waals surface area (Å²) in [6, 6.07) is 2.53. The van der Waals surface area contributed by atoms with E-state index in [4.69, 9.17) is 5.26 Å². The Labute approximate surface area is 75.5 Å². The highest BCUT2D eigenvalue weighted by Gasteiger charge is 2.07. The van der Waals surface area contributed by atoms with E-state index in [1.165, 1.54) is 5.57 Å². The highest BCUT2D eigenvalue weighted by atomic mass is 15.1. The average molecular weight is 166 g/mol. The van der Waals surface area contributed by atoms with E-state index in [1.807, 2.05) is 14.0 Å². The van der Waals surface area contributed by atoms with Crippen molar-refractivity contribution in [2.45, 2.75) is 32.7 Å². The zero-order chi connectivity index (χ0) is 9.56. The van der Waals surface area contributed by atoms with Crippen molar-refractivity contribution in [3.8, 4) is 6.07 Å². The summed E-state index contributed by atoms with van der Waals surface area (Å²) in [6.07, 6.45) is 1.62. The molecule has 0 N–H and O–H groups in total. The van der Waals surface area contributed by atoms with Crippen molar-refractivity contribution in [2.24, 2.45) is 0 Å². The third kappa shape index (κ3) is 4.92. The van der Waals surface area contributed by atoms with Crippen LogP contribution in [0.5, 0.6) is 0 Å². The molecule has 0 radical (unpaired) electrons. The molecule has 0 bridgehead atoms. The highest BCUT2D eigenvalue weighted by Crippen LogP contribution is 2.03. The molecule has 0 saturated heterocycles. The van der Waals surface area contributed by atoms with Crippen LogP contribution in [0.1, 0.15) is 26.7 Å². The summed E-state index contributed by atoms with van der Waals surface area (Å²) in [6.45, 7) is 8.94. The zero-order valence-corrected chi connectivity index (χ0v) is 8.30. The lowest BCUT2D eigenvalue weighted by molar-refractivity contribution is 0.264. The monoisotopic (exact) mass is 166 g/mol. The summed E-state index contributed by atoms with van der Waals surface area (Å²) < 4.78 is 0. The van der Waals surface area contributed by atoms with Crippen molar-refractivity contribution < 1.29 is 0 Å². The quantitative estimate of drug-likeness (QED) is 0.585. The van der Waals surface area contributed by atoms with Crippen molar-refractivity contribution in [3.63, 3.8) is 0 Å². The van der Waals surface area contributed by atoms with Gasteiger partial charge in [0.25, 0.3) is 0 Å². The molecular formula is C10H18N2. The van der Waals surface area contributed by atoms with Crippen molar-refractivity contribution in [2.75, 3.05) is 13.6 Å². The summed E-state index contributed by atoms with van der Waals surface area (Å²) in [5.41, 5.74) is 1.20. The van der Waals surface area contributed by atoms with Gasteiger partial charge in [-0.3, -0.25) is 0 Å². The SMILES string of the molecule is C=C(C)CCN(C)C(C)CC#N. The molecule has 0 spiro atoms. The van der Waals surface area contributed by atoms with Crippen LogP contribution in [-0.2, 0) is 0 Å². The Morgan fingerprint density at radius 2 is 2.25 bits per heavy atom. The van der Waals surface area contributed by atoms with E-state index in [9.17, 15) is 0 Å². The molecule has 0 aromatic rings. The minimum absolute atomic E-state index is 0.356. The average Bonchev–Trinajstić information content (AvgIpc) is 2.00. The van der Waals surface area contributed by atoms with E-state index in [0.717, 1.165) is 13.0 Å². The first kappa shape index (κ1) is 11.2. The second-order valence-electron chi connectivity index (χ2n) is 3.40. The number of nitrogens with zero attached hydrogens (tertiary/aromatic N) is 2. The number of hydrogen-bond acceptors (Lipinski definition) is 2. The van der Waals surface area contributed by atoms with E-state index in [1.54, 1.807) is 0 Å². The smallest absolute Gasteiger partial charge is 0.0638 e. The summed E-state index contributed by atoms with van der Waals surface area (Å²) >= 11 is 0. The molecule has 0 heterocycles. The Bertz CT molecular complexity index is 179. The predicted molar refractivity (Wildman–Crippen MR) is 51.8 cm³/mol. The molecule has 2 heteroatoms. The van der Waals surface area contributed by atoms with Gasteiger partial charge >= 0.3 is 0 Å². The van der Waals surface area contributed by atoms with Gasteiger partial charge in [0.1, 0.15) is 0 Å². The van der Waals surface area contributed by atoms with Gasteiger partial charge in [0, 0.05) is 12.6 Å². The lowest BCUT2D eigenvalue weighted by atomic mass is 10.2. The topological polar surface area (TPSA) is 27.0 Å². The third-order valence-electron chi connectivity index (χ3n) is 2.03. The largest absolute Gasteiger partial charge is 0.302 e. The fraction of sp³-hybridized carbons (Fsp3) is 0.700. The molecule has 0 amide bonds. The first-order valence-electron chi connectivity index (χ1n) is 4.29. The maximum atomic E-state index is 8.47. The Hall–Kier alpha value is -0.810. The Morgan fingerprint density at radius 1 is 1.67 bits per heavy atom. The normalized spacial score (nSPS) is 12.6. The van der Waals surface area contributed by atoms with Crippen molar-refractivity contribution in [1.82, 2.24) is 4.90 Å². The van der Waals surface area contributed by atoms with E-state index in [0.29, 0.717) is 12.5 Å². The van der Waals surface area contributed by atoms with Crippen LogP contribution in [-0.4, -0.2) is 24.5 Å². The number of hydrogen-bond donors (Lipinski definition) is 0. The Morgan fingerprint density at radius 3 is 2.67 bits per heavy atom. The van der Waals surface area contributed by atoms with Crippen molar-refractivity contribution in [3.05, 3.63) is 12.2 Å². The van der Waals surface area contributed by atoms with Crippen LogP contribution in [0.2, 0.25) is 0 Å². The molecule has 0 aliphatic carbocycles. The molecule has 0 rings (SSSR count). The minimum atomic E-state index is 0.356. The standard InChI is InChI=1S/C10H18N2/c1-9(2)6-8-12(4)10(3)5-7-11/h10H,1,5-6,8H2,2-4H3. The number of rotatable bonds is 5. The molecule has 12 heavy (non-hydrogen) atoms. The second kappa shape index (κ2) is 5.79. The van der Waals surface area contributed by atoms with Crippen LogP contribution in [0.15, 0.2) is 12.2 Å². The van der Waals surface area contributed by atoms with Crippen molar-refractivity contribution in [1.29, 1.82) is 5.26 Å². The fourth-order valence-corrected chi connectivity index (χ4v) is 0.876. The van der Waals surface area contributed by atoms with Gasteiger partial charge in [0.15, 0.2) is 0 Å². The van der Waals surface area contributed by atoms with Crippen LogP contribution in [0.3, 0.4) is 0 Å². The third-order valence-corrected chi connectivity index (χ3v) is 2.03. The van der Waals surface area contributed by atoms with Gasteiger partial charge in [-0.25, -0.2) is 0 Å².